The molecule has 2 N–H and O–H groups in total. The van der Waals surface area contributed by atoms with Crippen LogP contribution in [0.2, 0.25) is 0 Å². The van der Waals surface area contributed by atoms with Gasteiger partial charge in [0, 0.05) is 16.3 Å². The van der Waals surface area contributed by atoms with E-state index in [0.29, 0.717) is 5.46 Å². The Balaban J connectivity index is 2.04. The van der Waals surface area contributed by atoms with Crippen LogP contribution in [-0.2, 0) is 0 Å². The van der Waals surface area contributed by atoms with Crippen molar-refractivity contribution in [2.45, 2.75) is 0 Å². The summed E-state index contributed by atoms with van der Waals surface area (Å²) in [5.41, 5.74) is 4.13. The lowest BCUT2D eigenvalue weighted by Crippen LogP contribution is -2.29. The van der Waals surface area contributed by atoms with Crippen molar-refractivity contribution in [3.63, 3.8) is 0 Å². The molecule has 106 valence electrons. The fraction of sp³-hybridized carbons (Fsp3) is 0. The minimum Gasteiger partial charge on any atom is -0.455 e. The van der Waals surface area contributed by atoms with Gasteiger partial charge in [-0.05, 0) is 17.1 Å². The molecule has 0 fully saturated rings. The topological polar surface area (TPSA) is 53.6 Å². The molecule has 0 radical (unpaired) electrons. The van der Waals surface area contributed by atoms with Gasteiger partial charge in [0.1, 0.15) is 11.2 Å². The van der Waals surface area contributed by atoms with Gasteiger partial charge in [-0.2, -0.15) is 0 Å². The third-order valence-corrected chi connectivity index (χ3v) is 3.90. The number of fused-ring (bicyclic) bond motifs is 3. The summed E-state index contributed by atoms with van der Waals surface area (Å²) in [6.45, 7) is 0. The van der Waals surface area contributed by atoms with Crippen LogP contribution in [-0.4, -0.2) is 17.2 Å². The quantitative estimate of drug-likeness (QED) is 0.558. The number of hydrogen-bond acceptors (Lipinski definition) is 3. The third kappa shape index (κ3) is 2.01. The maximum atomic E-state index is 9.35. The van der Waals surface area contributed by atoms with Gasteiger partial charge in [-0.25, -0.2) is 0 Å². The molecule has 0 spiro atoms. The lowest BCUT2D eigenvalue weighted by molar-refractivity contribution is 0.426. The Morgan fingerprint density at radius 1 is 0.773 bits per heavy atom. The first-order valence-corrected chi connectivity index (χ1v) is 7.11. The van der Waals surface area contributed by atoms with Crippen molar-refractivity contribution in [1.82, 2.24) is 0 Å². The standard InChI is InChI=1S/C18H13BO3/c20-19(21)13-9-10-17-16(11-13)15-8-4-7-14(18(15)22-17)12-5-2-1-3-6-12/h1-11,20-21H. The van der Waals surface area contributed by atoms with E-state index in [1.54, 1.807) is 18.2 Å². The monoisotopic (exact) mass is 288 g/mol. The minimum atomic E-state index is -1.48. The lowest BCUT2D eigenvalue weighted by Gasteiger charge is -2.01. The van der Waals surface area contributed by atoms with E-state index in [-0.39, 0.29) is 0 Å². The molecule has 22 heavy (non-hydrogen) atoms. The Kier molecular flexibility index (Phi) is 3.00. The molecule has 4 heteroatoms. The van der Waals surface area contributed by atoms with Gasteiger partial charge < -0.3 is 14.5 Å². The van der Waals surface area contributed by atoms with Crippen LogP contribution < -0.4 is 5.46 Å². The first-order valence-electron chi connectivity index (χ1n) is 7.11. The fourth-order valence-electron chi connectivity index (χ4n) is 2.82. The number of rotatable bonds is 2. The van der Waals surface area contributed by atoms with Gasteiger partial charge in [-0.15, -0.1) is 0 Å². The van der Waals surface area contributed by atoms with Crippen LogP contribution in [0, 0.1) is 0 Å². The highest BCUT2D eigenvalue weighted by molar-refractivity contribution is 6.59. The first-order chi connectivity index (χ1) is 10.7. The summed E-state index contributed by atoms with van der Waals surface area (Å²) in [5.74, 6) is 0. The van der Waals surface area contributed by atoms with Gasteiger partial charge in [0.05, 0.1) is 0 Å². The molecule has 0 amide bonds. The lowest BCUT2D eigenvalue weighted by atomic mass is 9.80. The predicted octanol–water partition coefficient (Wildman–Crippen LogP) is 2.93. The smallest absolute Gasteiger partial charge is 0.455 e. The molecule has 0 aliphatic carbocycles. The summed E-state index contributed by atoms with van der Waals surface area (Å²) in [5, 5.41) is 20.6. The molecule has 0 atom stereocenters. The molecule has 1 heterocycles. The van der Waals surface area contributed by atoms with Gasteiger partial charge in [-0.1, -0.05) is 60.7 Å². The SMILES string of the molecule is OB(O)c1ccc2oc3c(-c4ccccc4)cccc3c2c1. The normalized spacial score (nSPS) is 11.2. The van der Waals surface area contributed by atoms with Crippen LogP contribution >= 0.6 is 0 Å². The van der Waals surface area contributed by atoms with Gasteiger partial charge in [0.25, 0.3) is 0 Å². The Morgan fingerprint density at radius 2 is 1.59 bits per heavy atom. The van der Waals surface area contributed by atoms with E-state index < -0.39 is 7.12 Å². The van der Waals surface area contributed by atoms with Crippen LogP contribution in [0.3, 0.4) is 0 Å². The first kappa shape index (κ1) is 13.1. The zero-order valence-corrected chi connectivity index (χ0v) is 11.7. The van der Waals surface area contributed by atoms with Crippen LogP contribution in [0.15, 0.2) is 71.1 Å². The summed E-state index contributed by atoms with van der Waals surface area (Å²) in [4.78, 5) is 0. The highest BCUT2D eigenvalue weighted by atomic mass is 16.4. The number of para-hydroxylation sites is 1. The molecule has 3 nitrogen and oxygen atoms in total. The zero-order chi connectivity index (χ0) is 15.1. The Bertz CT molecular complexity index is 958. The summed E-state index contributed by atoms with van der Waals surface area (Å²) < 4.78 is 6.01. The van der Waals surface area contributed by atoms with E-state index in [0.717, 1.165) is 33.1 Å². The molecule has 0 aliphatic rings. The second kappa shape index (κ2) is 5.02. The molecule has 0 aliphatic heterocycles. The average Bonchev–Trinajstić information content (AvgIpc) is 2.93. The van der Waals surface area contributed by atoms with Crippen molar-refractivity contribution < 1.29 is 14.5 Å². The van der Waals surface area contributed by atoms with Gasteiger partial charge in [-0.3, -0.25) is 0 Å². The summed E-state index contributed by atoms with van der Waals surface area (Å²) in [6, 6.07) is 21.3. The number of benzene rings is 3. The van der Waals surface area contributed by atoms with Crippen molar-refractivity contribution in [1.29, 1.82) is 0 Å². The van der Waals surface area contributed by atoms with Crippen LogP contribution in [0.5, 0.6) is 0 Å². The summed E-state index contributed by atoms with van der Waals surface area (Å²) in [7, 11) is -1.48. The molecular formula is C18H13BO3. The number of furan rings is 1. The van der Waals surface area contributed by atoms with Crippen molar-refractivity contribution in [2.75, 3.05) is 0 Å². The minimum absolute atomic E-state index is 0.459. The van der Waals surface area contributed by atoms with Crippen LogP contribution in [0.1, 0.15) is 0 Å². The van der Waals surface area contributed by atoms with Gasteiger partial charge in [0.15, 0.2) is 0 Å². The summed E-state index contributed by atoms with van der Waals surface area (Å²) >= 11 is 0. The zero-order valence-electron chi connectivity index (χ0n) is 11.7. The van der Waals surface area contributed by atoms with Gasteiger partial charge >= 0.3 is 7.12 Å². The Labute approximate surface area is 127 Å². The molecule has 0 bridgehead atoms. The molecule has 0 saturated carbocycles. The molecular weight excluding hydrogens is 275 g/mol. The predicted molar refractivity (Wildman–Crippen MR) is 89.0 cm³/mol. The fourth-order valence-corrected chi connectivity index (χ4v) is 2.82. The van der Waals surface area contributed by atoms with Crippen LogP contribution in [0.25, 0.3) is 33.1 Å². The highest BCUT2D eigenvalue weighted by Gasteiger charge is 2.16. The third-order valence-electron chi connectivity index (χ3n) is 3.90. The van der Waals surface area contributed by atoms with Crippen molar-refractivity contribution in [3.8, 4) is 11.1 Å². The van der Waals surface area contributed by atoms with E-state index in [4.69, 9.17) is 4.42 Å². The van der Waals surface area contributed by atoms with E-state index in [2.05, 4.69) is 0 Å². The highest BCUT2D eigenvalue weighted by Crippen LogP contribution is 2.35. The molecule has 1 aromatic heterocycles. The van der Waals surface area contributed by atoms with Gasteiger partial charge in [0.2, 0.25) is 0 Å². The number of hydrogen-bond donors (Lipinski definition) is 2. The summed E-state index contributed by atoms with van der Waals surface area (Å²) in [6.07, 6.45) is 0. The van der Waals surface area contributed by atoms with E-state index in [1.807, 2.05) is 48.5 Å². The maximum Gasteiger partial charge on any atom is 0.488 e. The van der Waals surface area contributed by atoms with E-state index in [9.17, 15) is 10.0 Å². The second-order valence-corrected chi connectivity index (χ2v) is 5.28. The Hall–Kier alpha value is -2.56. The van der Waals surface area contributed by atoms with Crippen LogP contribution in [0.4, 0.5) is 0 Å². The largest absolute Gasteiger partial charge is 0.488 e. The maximum absolute atomic E-state index is 9.35. The van der Waals surface area contributed by atoms with Crippen molar-refractivity contribution in [2.24, 2.45) is 0 Å². The van der Waals surface area contributed by atoms with Crippen molar-refractivity contribution in [3.05, 3.63) is 66.7 Å². The second-order valence-electron chi connectivity index (χ2n) is 5.28. The molecule has 4 rings (SSSR count). The van der Waals surface area contributed by atoms with E-state index >= 15 is 0 Å². The molecule has 0 unspecified atom stereocenters. The Morgan fingerprint density at radius 3 is 2.36 bits per heavy atom. The molecule has 4 aromatic rings. The van der Waals surface area contributed by atoms with E-state index in [1.165, 1.54) is 0 Å². The average molecular weight is 288 g/mol. The molecule has 0 saturated heterocycles. The van der Waals surface area contributed by atoms with Crippen molar-refractivity contribution >= 4 is 34.5 Å². The molecule has 3 aromatic carbocycles.